The van der Waals surface area contributed by atoms with Crippen LogP contribution in [0.5, 0.6) is 0 Å². The van der Waals surface area contributed by atoms with Gasteiger partial charge >= 0.3 is 5.69 Å². The molecule has 0 radical (unpaired) electrons. The lowest BCUT2D eigenvalue weighted by molar-refractivity contribution is -0.385. The molecule has 0 N–H and O–H groups in total. The second kappa shape index (κ2) is 3.87. The van der Waals surface area contributed by atoms with E-state index in [1.54, 1.807) is 16.3 Å². The Kier molecular flexibility index (Phi) is 2.41. The van der Waals surface area contributed by atoms with Crippen LogP contribution < -0.4 is 0 Å². The highest BCUT2D eigenvalue weighted by Gasteiger charge is 2.46. The van der Waals surface area contributed by atoms with Crippen LogP contribution in [-0.4, -0.2) is 29.5 Å². The van der Waals surface area contributed by atoms with Crippen LogP contribution in [-0.2, 0) is 12.6 Å². The number of hydrogen-bond donors (Lipinski definition) is 0. The molecular weight excluding hydrogens is 248 g/mol. The Balaban J connectivity index is 2.11. The third kappa shape index (κ3) is 1.56. The smallest absolute Gasteiger partial charge is 0.258 e. The maximum atomic E-state index is 10.9. The van der Waals surface area contributed by atoms with Crippen molar-refractivity contribution in [3.63, 3.8) is 0 Å². The summed E-state index contributed by atoms with van der Waals surface area (Å²) < 4.78 is 3.40. The van der Waals surface area contributed by atoms with E-state index < -0.39 is 4.92 Å². The molecule has 0 saturated heterocycles. The summed E-state index contributed by atoms with van der Waals surface area (Å²) in [5, 5.41) is 19.3. The van der Waals surface area contributed by atoms with E-state index in [4.69, 9.17) is 0 Å². The SMILES string of the molecule is Cc1nn(C2(c3ncnn3C)CCC2)cc1[N+](=O)[O-]. The van der Waals surface area contributed by atoms with Gasteiger partial charge in [-0.05, 0) is 26.2 Å². The van der Waals surface area contributed by atoms with Crippen LogP contribution in [0.2, 0.25) is 0 Å². The van der Waals surface area contributed by atoms with E-state index in [0.29, 0.717) is 5.69 Å². The minimum absolute atomic E-state index is 0.0495. The van der Waals surface area contributed by atoms with Crippen molar-refractivity contribution < 1.29 is 4.92 Å². The molecule has 2 aromatic rings. The molecule has 0 aliphatic heterocycles. The van der Waals surface area contributed by atoms with Crippen molar-refractivity contribution in [2.45, 2.75) is 31.7 Å². The standard InChI is InChI=1S/C11H14N6O2/c1-8-9(17(18)19)6-16(14-8)11(4-3-5-11)10-12-7-13-15(10)2/h6-7H,3-5H2,1-2H3. The normalized spacial score (nSPS) is 17.2. The van der Waals surface area contributed by atoms with Gasteiger partial charge in [0.2, 0.25) is 0 Å². The van der Waals surface area contributed by atoms with Crippen LogP contribution in [0, 0.1) is 17.0 Å². The number of aromatic nitrogens is 5. The van der Waals surface area contributed by atoms with Crippen LogP contribution in [0.1, 0.15) is 30.8 Å². The van der Waals surface area contributed by atoms with Crippen molar-refractivity contribution in [3.8, 4) is 0 Å². The van der Waals surface area contributed by atoms with Gasteiger partial charge in [0.25, 0.3) is 0 Å². The highest BCUT2D eigenvalue weighted by Crippen LogP contribution is 2.44. The summed E-state index contributed by atoms with van der Waals surface area (Å²) in [6, 6.07) is 0. The van der Waals surface area contributed by atoms with Crippen molar-refractivity contribution in [1.82, 2.24) is 24.5 Å². The quantitative estimate of drug-likeness (QED) is 0.611. The Morgan fingerprint density at radius 1 is 1.47 bits per heavy atom. The van der Waals surface area contributed by atoms with Crippen LogP contribution in [0.4, 0.5) is 5.69 Å². The van der Waals surface area contributed by atoms with E-state index in [-0.39, 0.29) is 11.2 Å². The van der Waals surface area contributed by atoms with Gasteiger partial charge in [0.1, 0.15) is 23.8 Å². The molecule has 2 aromatic heterocycles. The van der Waals surface area contributed by atoms with Gasteiger partial charge in [0.05, 0.1) is 4.92 Å². The Hall–Kier alpha value is -2.25. The van der Waals surface area contributed by atoms with Gasteiger partial charge in [-0.3, -0.25) is 19.5 Å². The average Bonchev–Trinajstić information content (AvgIpc) is 2.86. The molecular formula is C11H14N6O2. The molecule has 1 fully saturated rings. The van der Waals surface area contributed by atoms with E-state index in [1.165, 1.54) is 12.5 Å². The molecule has 8 nitrogen and oxygen atoms in total. The molecule has 0 unspecified atom stereocenters. The van der Waals surface area contributed by atoms with Gasteiger partial charge in [-0.25, -0.2) is 4.98 Å². The van der Waals surface area contributed by atoms with Gasteiger partial charge in [0.15, 0.2) is 5.82 Å². The molecule has 1 aliphatic rings. The van der Waals surface area contributed by atoms with E-state index in [1.807, 2.05) is 7.05 Å². The summed E-state index contributed by atoms with van der Waals surface area (Å²) in [5.74, 6) is 0.802. The fourth-order valence-corrected chi connectivity index (χ4v) is 2.63. The number of rotatable bonds is 3. The monoisotopic (exact) mass is 262 g/mol. The largest absolute Gasteiger partial charge is 0.309 e. The van der Waals surface area contributed by atoms with Crippen molar-refractivity contribution in [1.29, 1.82) is 0 Å². The minimum atomic E-state index is -0.401. The first-order valence-corrected chi connectivity index (χ1v) is 6.10. The Morgan fingerprint density at radius 3 is 2.63 bits per heavy atom. The van der Waals surface area contributed by atoms with Crippen molar-refractivity contribution in [3.05, 3.63) is 34.2 Å². The summed E-state index contributed by atoms with van der Waals surface area (Å²) in [6.45, 7) is 1.65. The molecule has 0 amide bonds. The lowest BCUT2D eigenvalue weighted by atomic mass is 9.76. The third-order valence-electron chi connectivity index (χ3n) is 3.82. The van der Waals surface area contributed by atoms with Gasteiger partial charge in [0, 0.05) is 7.05 Å². The highest BCUT2D eigenvalue weighted by atomic mass is 16.6. The summed E-state index contributed by atoms with van der Waals surface area (Å²) in [7, 11) is 1.83. The molecule has 19 heavy (non-hydrogen) atoms. The first-order chi connectivity index (χ1) is 9.04. The predicted octanol–water partition coefficient (Wildman–Crippen LogP) is 1.16. The topological polar surface area (TPSA) is 91.7 Å². The maximum absolute atomic E-state index is 10.9. The van der Waals surface area contributed by atoms with E-state index in [9.17, 15) is 10.1 Å². The zero-order valence-corrected chi connectivity index (χ0v) is 10.8. The van der Waals surface area contributed by atoms with E-state index in [2.05, 4.69) is 15.2 Å². The summed E-state index contributed by atoms with van der Waals surface area (Å²) >= 11 is 0. The Labute approximate surface area is 109 Å². The molecule has 100 valence electrons. The molecule has 2 heterocycles. The zero-order valence-electron chi connectivity index (χ0n) is 10.8. The zero-order chi connectivity index (χ0) is 13.6. The molecule has 1 saturated carbocycles. The predicted molar refractivity (Wildman–Crippen MR) is 65.5 cm³/mol. The fourth-order valence-electron chi connectivity index (χ4n) is 2.63. The number of nitro groups is 1. The van der Waals surface area contributed by atoms with Crippen molar-refractivity contribution >= 4 is 5.69 Å². The van der Waals surface area contributed by atoms with Crippen molar-refractivity contribution in [2.75, 3.05) is 0 Å². The van der Waals surface area contributed by atoms with E-state index in [0.717, 1.165) is 25.1 Å². The molecule has 1 aliphatic carbocycles. The summed E-state index contributed by atoms with van der Waals surface area (Å²) in [6.07, 6.45) is 5.80. The van der Waals surface area contributed by atoms with Crippen LogP contribution >= 0.6 is 0 Å². The van der Waals surface area contributed by atoms with Gasteiger partial charge in [-0.1, -0.05) is 0 Å². The second-order valence-corrected chi connectivity index (χ2v) is 4.89. The first-order valence-electron chi connectivity index (χ1n) is 6.10. The fraction of sp³-hybridized carbons (Fsp3) is 0.545. The molecule has 0 aromatic carbocycles. The second-order valence-electron chi connectivity index (χ2n) is 4.89. The summed E-state index contributed by atoms with van der Waals surface area (Å²) in [5.41, 5.74) is 0.0939. The molecule has 0 bridgehead atoms. The van der Waals surface area contributed by atoms with Gasteiger partial charge in [-0.2, -0.15) is 10.2 Å². The number of aryl methyl sites for hydroxylation is 2. The lowest BCUT2D eigenvalue weighted by Gasteiger charge is -2.40. The highest BCUT2D eigenvalue weighted by molar-refractivity contribution is 5.33. The summed E-state index contributed by atoms with van der Waals surface area (Å²) in [4.78, 5) is 14.8. The third-order valence-corrected chi connectivity index (χ3v) is 3.82. The molecule has 3 rings (SSSR count). The molecule has 0 spiro atoms. The number of hydrogen-bond acceptors (Lipinski definition) is 5. The van der Waals surface area contributed by atoms with Crippen LogP contribution in [0.25, 0.3) is 0 Å². The van der Waals surface area contributed by atoms with Gasteiger partial charge in [-0.15, -0.1) is 0 Å². The van der Waals surface area contributed by atoms with Crippen LogP contribution in [0.15, 0.2) is 12.5 Å². The lowest BCUT2D eigenvalue weighted by Crippen LogP contribution is -2.44. The average molecular weight is 262 g/mol. The Morgan fingerprint density at radius 2 is 2.21 bits per heavy atom. The molecule has 8 heteroatoms. The Bertz CT molecular complexity index is 639. The van der Waals surface area contributed by atoms with Gasteiger partial charge < -0.3 is 0 Å². The first kappa shape index (κ1) is 11.8. The molecule has 0 atom stereocenters. The number of nitrogens with zero attached hydrogens (tertiary/aromatic N) is 6. The van der Waals surface area contributed by atoms with Crippen LogP contribution in [0.3, 0.4) is 0 Å². The maximum Gasteiger partial charge on any atom is 0.309 e. The van der Waals surface area contributed by atoms with Crippen molar-refractivity contribution in [2.24, 2.45) is 7.05 Å². The minimum Gasteiger partial charge on any atom is -0.258 e. The van der Waals surface area contributed by atoms with E-state index >= 15 is 0 Å².